The third-order valence-corrected chi connectivity index (χ3v) is 3.64. The maximum Gasteiger partial charge on any atom is 0.258 e. The van der Waals surface area contributed by atoms with Gasteiger partial charge in [0.1, 0.15) is 0 Å². The average molecular weight is 265 g/mol. The van der Waals surface area contributed by atoms with Crippen molar-refractivity contribution in [2.24, 2.45) is 7.05 Å². The van der Waals surface area contributed by atoms with E-state index in [1.54, 1.807) is 7.05 Å². The number of aromatic nitrogens is 1. The number of aliphatic hydroxyl groups is 1. The molecule has 20 heavy (non-hydrogen) atoms. The van der Waals surface area contributed by atoms with Crippen LogP contribution in [0.4, 0.5) is 0 Å². The zero-order chi connectivity index (χ0) is 14.1. The van der Waals surface area contributed by atoms with E-state index in [1.165, 1.54) is 4.57 Å². The molecule has 0 unspecified atom stereocenters. The summed E-state index contributed by atoms with van der Waals surface area (Å²) in [7, 11) is 1.70. The molecule has 0 bridgehead atoms. The van der Waals surface area contributed by atoms with Gasteiger partial charge in [0.05, 0.1) is 12.3 Å². The predicted octanol–water partition coefficient (Wildman–Crippen LogP) is 2.70. The Labute approximate surface area is 116 Å². The number of rotatable bonds is 2. The molecule has 1 aromatic heterocycles. The van der Waals surface area contributed by atoms with Gasteiger partial charge in [-0.05, 0) is 17.0 Å². The lowest BCUT2D eigenvalue weighted by Crippen LogP contribution is -2.21. The Kier molecular flexibility index (Phi) is 3.12. The highest BCUT2D eigenvalue weighted by Crippen LogP contribution is 2.30. The van der Waals surface area contributed by atoms with E-state index in [4.69, 9.17) is 0 Å². The van der Waals surface area contributed by atoms with Crippen molar-refractivity contribution in [3.8, 4) is 11.1 Å². The first-order valence-corrected chi connectivity index (χ1v) is 6.51. The summed E-state index contributed by atoms with van der Waals surface area (Å²) >= 11 is 0. The van der Waals surface area contributed by atoms with Crippen LogP contribution in [-0.2, 0) is 13.7 Å². The molecule has 0 aliphatic carbocycles. The van der Waals surface area contributed by atoms with Crippen molar-refractivity contribution in [3.63, 3.8) is 0 Å². The fraction of sp³-hybridized carbons (Fsp3) is 0.118. The fourth-order valence-corrected chi connectivity index (χ4v) is 2.63. The van der Waals surface area contributed by atoms with Gasteiger partial charge in [-0.2, -0.15) is 0 Å². The Morgan fingerprint density at radius 3 is 2.20 bits per heavy atom. The molecule has 3 rings (SSSR count). The summed E-state index contributed by atoms with van der Waals surface area (Å²) in [4.78, 5) is 12.3. The van der Waals surface area contributed by atoms with Crippen LogP contribution in [0.3, 0.4) is 0 Å². The molecule has 3 heteroatoms. The zero-order valence-corrected chi connectivity index (χ0v) is 11.2. The van der Waals surface area contributed by atoms with Crippen LogP contribution in [0.1, 0.15) is 5.69 Å². The summed E-state index contributed by atoms with van der Waals surface area (Å²) < 4.78 is 1.53. The molecule has 0 saturated carbocycles. The number of aliphatic hydroxyl groups excluding tert-OH is 1. The number of hydrogen-bond acceptors (Lipinski definition) is 2. The van der Waals surface area contributed by atoms with Crippen molar-refractivity contribution >= 4 is 10.8 Å². The second-order valence-corrected chi connectivity index (χ2v) is 4.76. The molecule has 3 nitrogen and oxygen atoms in total. The van der Waals surface area contributed by atoms with E-state index in [9.17, 15) is 9.90 Å². The first kappa shape index (κ1) is 12.6. The number of nitrogens with zero attached hydrogens (tertiary/aromatic N) is 1. The van der Waals surface area contributed by atoms with Crippen molar-refractivity contribution in [3.05, 3.63) is 70.6 Å². The molecular formula is C17H15NO2. The van der Waals surface area contributed by atoms with Crippen LogP contribution in [0.25, 0.3) is 21.9 Å². The molecule has 1 heterocycles. The van der Waals surface area contributed by atoms with Crippen molar-refractivity contribution < 1.29 is 5.11 Å². The molecule has 0 spiro atoms. The topological polar surface area (TPSA) is 42.2 Å². The van der Waals surface area contributed by atoms with Gasteiger partial charge in [0, 0.05) is 18.0 Å². The predicted molar refractivity (Wildman–Crippen MR) is 80.5 cm³/mol. The minimum Gasteiger partial charge on any atom is -0.390 e. The SMILES string of the molecule is Cn1c(CO)c(-c2ccccc2)c2ccccc2c1=O. The minimum atomic E-state index is -0.166. The van der Waals surface area contributed by atoms with Crippen LogP contribution in [-0.4, -0.2) is 9.67 Å². The second kappa shape index (κ2) is 4.94. The van der Waals surface area contributed by atoms with E-state index >= 15 is 0 Å². The molecule has 0 atom stereocenters. The zero-order valence-electron chi connectivity index (χ0n) is 11.2. The van der Waals surface area contributed by atoms with Crippen LogP contribution < -0.4 is 5.56 Å². The number of benzene rings is 2. The highest BCUT2D eigenvalue weighted by Gasteiger charge is 2.14. The normalized spacial score (nSPS) is 10.9. The van der Waals surface area contributed by atoms with E-state index < -0.39 is 0 Å². The van der Waals surface area contributed by atoms with Crippen molar-refractivity contribution in [2.45, 2.75) is 6.61 Å². The van der Waals surface area contributed by atoms with Crippen LogP contribution in [0.15, 0.2) is 59.4 Å². The van der Waals surface area contributed by atoms with Gasteiger partial charge < -0.3 is 9.67 Å². The van der Waals surface area contributed by atoms with E-state index in [0.29, 0.717) is 11.1 Å². The minimum absolute atomic E-state index is 0.0793. The maximum absolute atomic E-state index is 12.3. The molecule has 0 aliphatic heterocycles. The monoisotopic (exact) mass is 265 g/mol. The van der Waals surface area contributed by atoms with E-state index in [-0.39, 0.29) is 12.2 Å². The molecule has 0 radical (unpaired) electrons. The number of hydrogen-bond donors (Lipinski definition) is 1. The first-order chi connectivity index (χ1) is 9.74. The Morgan fingerprint density at radius 1 is 0.950 bits per heavy atom. The van der Waals surface area contributed by atoms with Crippen molar-refractivity contribution in [1.29, 1.82) is 0 Å². The lowest BCUT2D eigenvalue weighted by atomic mass is 9.97. The van der Waals surface area contributed by atoms with Crippen LogP contribution in [0.2, 0.25) is 0 Å². The highest BCUT2D eigenvalue weighted by atomic mass is 16.3. The molecule has 2 aromatic carbocycles. The molecule has 0 fully saturated rings. The van der Waals surface area contributed by atoms with E-state index in [0.717, 1.165) is 16.5 Å². The molecular weight excluding hydrogens is 250 g/mol. The Balaban J connectivity index is 2.52. The largest absolute Gasteiger partial charge is 0.390 e. The third kappa shape index (κ3) is 1.84. The summed E-state index contributed by atoms with van der Waals surface area (Å²) in [6, 6.07) is 17.4. The Morgan fingerprint density at radius 2 is 1.55 bits per heavy atom. The average Bonchev–Trinajstić information content (AvgIpc) is 2.51. The fourth-order valence-electron chi connectivity index (χ4n) is 2.63. The second-order valence-electron chi connectivity index (χ2n) is 4.76. The van der Waals surface area contributed by atoms with Gasteiger partial charge in [-0.3, -0.25) is 4.79 Å². The molecule has 0 saturated heterocycles. The quantitative estimate of drug-likeness (QED) is 0.774. The van der Waals surface area contributed by atoms with Gasteiger partial charge in [0.25, 0.3) is 5.56 Å². The maximum atomic E-state index is 12.3. The molecule has 100 valence electrons. The van der Waals surface area contributed by atoms with E-state index in [2.05, 4.69) is 0 Å². The van der Waals surface area contributed by atoms with Crippen LogP contribution in [0, 0.1) is 0 Å². The Bertz CT molecular complexity index is 820. The van der Waals surface area contributed by atoms with Gasteiger partial charge in [-0.1, -0.05) is 48.5 Å². The molecule has 0 aliphatic rings. The van der Waals surface area contributed by atoms with Gasteiger partial charge in [-0.15, -0.1) is 0 Å². The molecule has 1 N–H and O–H groups in total. The Hall–Kier alpha value is -2.39. The van der Waals surface area contributed by atoms with Gasteiger partial charge in [0.2, 0.25) is 0 Å². The number of pyridine rings is 1. The summed E-state index contributed by atoms with van der Waals surface area (Å²) in [6.45, 7) is -0.166. The summed E-state index contributed by atoms with van der Waals surface area (Å²) in [5, 5.41) is 11.2. The molecule has 0 amide bonds. The van der Waals surface area contributed by atoms with Crippen molar-refractivity contribution in [2.75, 3.05) is 0 Å². The van der Waals surface area contributed by atoms with Crippen LogP contribution in [0.5, 0.6) is 0 Å². The third-order valence-electron chi connectivity index (χ3n) is 3.64. The summed E-state index contributed by atoms with van der Waals surface area (Å²) in [5.74, 6) is 0. The van der Waals surface area contributed by atoms with Gasteiger partial charge in [-0.25, -0.2) is 0 Å². The van der Waals surface area contributed by atoms with Gasteiger partial charge >= 0.3 is 0 Å². The lowest BCUT2D eigenvalue weighted by molar-refractivity contribution is 0.272. The summed E-state index contributed by atoms with van der Waals surface area (Å²) in [6.07, 6.45) is 0. The molecule has 3 aromatic rings. The standard InChI is InChI=1S/C17H15NO2/c1-18-15(11-19)16(12-7-3-2-4-8-12)13-9-5-6-10-14(13)17(18)20/h2-10,19H,11H2,1H3. The number of fused-ring (bicyclic) bond motifs is 1. The highest BCUT2D eigenvalue weighted by molar-refractivity contribution is 5.97. The van der Waals surface area contributed by atoms with Gasteiger partial charge in [0.15, 0.2) is 0 Å². The van der Waals surface area contributed by atoms with E-state index in [1.807, 2.05) is 54.6 Å². The lowest BCUT2D eigenvalue weighted by Gasteiger charge is -2.15. The smallest absolute Gasteiger partial charge is 0.258 e. The first-order valence-electron chi connectivity index (χ1n) is 6.51. The van der Waals surface area contributed by atoms with Crippen LogP contribution >= 0.6 is 0 Å². The van der Waals surface area contributed by atoms with Crippen molar-refractivity contribution in [1.82, 2.24) is 4.57 Å². The summed E-state index contributed by atoms with van der Waals surface area (Å²) in [5.41, 5.74) is 2.48.